The van der Waals surface area contributed by atoms with Gasteiger partial charge in [0.05, 0.1) is 4.47 Å². The fourth-order valence-corrected chi connectivity index (χ4v) is 2.75. The average molecular weight is 319 g/mol. The maximum absolute atomic E-state index is 14.1. The summed E-state index contributed by atoms with van der Waals surface area (Å²) in [7, 11) is 0. The molecule has 0 spiro atoms. The predicted octanol–water partition coefficient (Wildman–Crippen LogP) is 3.75. The van der Waals surface area contributed by atoms with Gasteiger partial charge in [-0.25, -0.2) is 4.39 Å². The van der Waals surface area contributed by atoms with Crippen molar-refractivity contribution in [2.75, 3.05) is 0 Å². The number of rotatable bonds is 1. The zero-order chi connectivity index (χ0) is 13.6. The maximum Gasteiger partial charge on any atom is 0.178 e. The smallest absolute Gasteiger partial charge is 0.178 e. The Morgan fingerprint density at radius 1 is 0.895 bits per heavy atom. The van der Waals surface area contributed by atoms with Crippen LogP contribution in [0, 0.1) is 5.82 Å². The number of hydrogen-bond donors (Lipinski definition) is 0. The van der Waals surface area contributed by atoms with E-state index in [4.69, 9.17) is 0 Å². The highest BCUT2D eigenvalue weighted by Gasteiger charge is 2.40. The maximum atomic E-state index is 14.1. The number of carbonyl (C=O) groups is 2. The number of halogens is 2. The summed E-state index contributed by atoms with van der Waals surface area (Å²) in [4.78, 5) is 24.5. The number of ketones is 2. The SMILES string of the molecule is O=C1c2ccccc2C(=O)C1c1cccc(Br)c1F. The van der Waals surface area contributed by atoms with Gasteiger partial charge in [-0.1, -0.05) is 36.4 Å². The molecule has 19 heavy (non-hydrogen) atoms. The van der Waals surface area contributed by atoms with Crippen LogP contribution in [0.4, 0.5) is 4.39 Å². The molecule has 2 nitrogen and oxygen atoms in total. The Balaban J connectivity index is 2.17. The standard InChI is InChI=1S/C15H8BrFO2/c16-11-7-3-6-10(13(11)17)12-14(18)8-4-1-2-5-9(8)15(12)19/h1-7,12H. The van der Waals surface area contributed by atoms with Crippen molar-refractivity contribution in [1.82, 2.24) is 0 Å². The molecule has 0 atom stereocenters. The molecule has 94 valence electrons. The van der Waals surface area contributed by atoms with Crippen LogP contribution in [0.3, 0.4) is 0 Å². The van der Waals surface area contributed by atoms with E-state index in [0.29, 0.717) is 11.1 Å². The van der Waals surface area contributed by atoms with Gasteiger partial charge in [0.25, 0.3) is 0 Å². The highest BCUT2D eigenvalue weighted by molar-refractivity contribution is 9.10. The summed E-state index contributed by atoms with van der Waals surface area (Å²) < 4.78 is 14.3. The predicted molar refractivity (Wildman–Crippen MR) is 71.9 cm³/mol. The van der Waals surface area contributed by atoms with E-state index in [1.54, 1.807) is 30.3 Å². The second-order valence-corrected chi connectivity index (χ2v) is 5.20. The third kappa shape index (κ3) is 1.75. The average Bonchev–Trinajstić information content (AvgIpc) is 2.67. The summed E-state index contributed by atoms with van der Waals surface area (Å²) in [6, 6.07) is 11.2. The molecule has 3 rings (SSSR count). The summed E-state index contributed by atoms with van der Waals surface area (Å²) >= 11 is 3.07. The third-order valence-electron chi connectivity index (χ3n) is 3.27. The molecule has 0 N–H and O–H groups in total. The Hall–Kier alpha value is -1.81. The Bertz CT molecular complexity index is 674. The first-order valence-electron chi connectivity index (χ1n) is 5.72. The van der Waals surface area contributed by atoms with Crippen LogP contribution in [0.15, 0.2) is 46.9 Å². The number of fused-ring (bicyclic) bond motifs is 1. The van der Waals surface area contributed by atoms with Crippen LogP contribution in [0.1, 0.15) is 32.2 Å². The number of benzene rings is 2. The van der Waals surface area contributed by atoms with Gasteiger partial charge in [-0.2, -0.15) is 0 Å². The summed E-state index contributed by atoms with van der Waals surface area (Å²) in [5.74, 6) is -2.29. The van der Waals surface area contributed by atoms with E-state index < -0.39 is 11.7 Å². The molecule has 0 saturated carbocycles. The van der Waals surface area contributed by atoms with Crippen LogP contribution in [0.25, 0.3) is 0 Å². The Morgan fingerprint density at radius 2 is 1.47 bits per heavy atom. The molecular weight excluding hydrogens is 311 g/mol. The van der Waals surface area contributed by atoms with Crippen molar-refractivity contribution < 1.29 is 14.0 Å². The summed E-state index contributed by atoms with van der Waals surface area (Å²) in [5, 5.41) is 0. The zero-order valence-corrected chi connectivity index (χ0v) is 11.3. The summed E-state index contributed by atoms with van der Waals surface area (Å²) in [5.41, 5.74) is 0.870. The number of carbonyl (C=O) groups excluding carboxylic acids is 2. The molecule has 0 aromatic heterocycles. The minimum absolute atomic E-state index is 0.126. The van der Waals surface area contributed by atoms with Gasteiger partial charge < -0.3 is 0 Å². The lowest BCUT2D eigenvalue weighted by molar-refractivity contribution is 0.0887. The fraction of sp³-hybridized carbons (Fsp3) is 0.0667. The quantitative estimate of drug-likeness (QED) is 0.750. The van der Waals surface area contributed by atoms with Crippen molar-refractivity contribution >= 4 is 27.5 Å². The molecule has 1 aliphatic rings. The van der Waals surface area contributed by atoms with Crippen molar-refractivity contribution in [1.29, 1.82) is 0 Å². The lowest BCUT2D eigenvalue weighted by Gasteiger charge is -2.09. The van der Waals surface area contributed by atoms with Crippen LogP contribution in [-0.4, -0.2) is 11.6 Å². The monoisotopic (exact) mass is 318 g/mol. The van der Waals surface area contributed by atoms with E-state index in [9.17, 15) is 14.0 Å². The summed E-state index contributed by atoms with van der Waals surface area (Å²) in [6.45, 7) is 0. The minimum Gasteiger partial charge on any atom is -0.293 e. The highest BCUT2D eigenvalue weighted by Crippen LogP contribution is 2.36. The van der Waals surface area contributed by atoms with Crippen molar-refractivity contribution in [2.24, 2.45) is 0 Å². The van der Waals surface area contributed by atoms with E-state index >= 15 is 0 Å². The second-order valence-electron chi connectivity index (χ2n) is 4.35. The molecule has 2 aromatic rings. The third-order valence-corrected chi connectivity index (χ3v) is 3.89. The first-order chi connectivity index (χ1) is 9.11. The molecule has 0 unspecified atom stereocenters. The van der Waals surface area contributed by atoms with Gasteiger partial charge >= 0.3 is 0 Å². The van der Waals surface area contributed by atoms with E-state index in [1.807, 2.05) is 0 Å². The molecule has 0 aliphatic heterocycles. The normalized spacial score (nSPS) is 14.8. The van der Waals surface area contributed by atoms with Crippen molar-refractivity contribution in [2.45, 2.75) is 5.92 Å². The van der Waals surface area contributed by atoms with E-state index in [-0.39, 0.29) is 21.6 Å². The van der Waals surface area contributed by atoms with E-state index in [2.05, 4.69) is 15.9 Å². The first-order valence-corrected chi connectivity index (χ1v) is 6.52. The molecule has 0 radical (unpaired) electrons. The molecule has 0 bridgehead atoms. The molecule has 2 aromatic carbocycles. The molecule has 0 heterocycles. The van der Waals surface area contributed by atoms with Crippen molar-refractivity contribution in [3.05, 3.63) is 69.4 Å². The first kappa shape index (κ1) is 12.2. The number of hydrogen-bond acceptors (Lipinski definition) is 2. The topological polar surface area (TPSA) is 34.1 Å². The molecule has 1 aliphatic carbocycles. The molecule has 0 saturated heterocycles. The Labute approximate surface area is 117 Å². The van der Waals surface area contributed by atoms with Gasteiger partial charge in [-0.15, -0.1) is 0 Å². The Kier molecular flexibility index (Phi) is 2.82. The van der Waals surface area contributed by atoms with Crippen LogP contribution in [0.2, 0.25) is 0 Å². The summed E-state index contributed by atoms with van der Waals surface area (Å²) in [6.07, 6.45) is 0. The van der Waals surface area contributed by atoms with Crippen molar-refractivity contribution in [3.8, 4) is 0 Å². The fourth-order valence-electron chi connectivity index (χ4n) is 2.37. The van der Waals surface area contributed by atoms with Crippen LogP contribution >= 0.6 is 15.9 Å². The van der Waals surface area contributed by atoms with Gasteiger partial charge in [-0.3, -0.25) is 9.59 Å². The lowest BCUT2D eigenvalue weighted by atomic mass is 9.94. The van der Waals surface area contributed by atoms with E-state index in [0.717, 1.165) is 0 Å². The highest BCUT2D eigenvalue weighted by atomic mass is 79.9. The van der Waals surface area contributed by atoms with Crippen LogP contribution in [-0.2, 0) is 0 Å². The lowest BCUT2D eigenvalue weighted by Crippen LogP contribution is -2.14. The van der Waals surface area contributed by atoms with Crippen LogP contribution in [0.5, 0.6) is 0 Å². The van der Waals surface area contributed by atoms with Gasteiger partial charge in [0.1, 0.15) is 11.7 Å². The second kappa shape index (κ2) is 4.38. The molecule has 0 fully saturated rings. The Morgan fingerprint density at radius 3 is 2.05 bits per heavy atom. The minimum atomic E-state index is -1.06. The van der Waals surface area contributed by atoms with Gasteiger partial charge in [-0.05, 0) is 22.0 Å². The number of Topliss-reactive ketones (excluding diaryl/α,β-unsaturated/α-hetero) is 2. The molecule has 4 heteroatoms. The zero-order valence-electron chi connectivity index (χ0n) is 9.69. The molecule has 0 amide bonds. The van der Waals surface area contributed by atoms with Gasteiger partial charge in [0.2, 0.25) is 0 Å². The van der Waals surface area contributed by atoms with E-state index in [1.165, 1.54) is 12.1 Å². The molecular formula is C15H8BrFO2. The van der Waals surface area contributed by atoms with Gasteiger partial charge in [0.15, 0.2) is 11.6 Å². The van der Waals surface area contributed by atoms with Crippen molar-refractivity contribution in [3.63, 3.8) is 0 Å². The van der Waals surface area contributed by atoms with Crippen LogP contribution < -0.4 is 0 Å². The largest absolute Gasteiger partial charge is 0.293 e. The van der Waals surface area contributed by atoms with Gasteiger partial charge in [0, 0.05) is 16.7 Å².